The molecule has 0 radical (unpaired) electrons. The van der Waals surface area contributed by atoms with Crippen LogP contribution in [0.25, 0.3) is 0 Å². The quantitative estimate of drug-likeness (QED) is 0.785. The lowest BCUT2D eigenvalue weighted by Gasteiger charge is -2.02. The Morgan fingerprint density at radius 3 is 2.77 bits per heavy atom. The molecular formula is C7H9ClN4O. The van der Waals surface area contributed by atoms with Crippen LogP contribution in [0.5, 0.6) is 6.01 Å². The highest BCUT2D eigenvalue weighted by molar-refractivity contribution is 6.28. The SMILES string of the molecule is Nc1nc(Cl)nc(OCC2CC2)n1. The summed E-state index contributed by atoms with van der Waals surface area (Å²) in [6.07, 6.45) is 2.43. The van der Waals surface area contributed by atoms with Gasteiger partial charge in [-0.3, -0.25) is 0 Å². The molecule has 2 rings (SSSR count). The Bertz CT molecular complexity index is 295. The van der Waals surface area contributed by atoms with Crippen molar-refractivity contribution in [3.05, 3.63) is 5.28 Å². The third-order valence-corrected chi connectivity index (χ3v) is 1.92. The molecule has 0 aromatic carbocycles. The summed E-state index contributed by atoms with van der Waals surface area (Å²) in [6, 6.07) is 0.212. The van der Waals surface area contributed by atoms with Gasteiger partial charge in [-0.25, -0.2) is 0 Å². The molecular weight excluding hydrogens is 192 g/mol. The summed E-state index contributed by atoms with van der Waals surface area (Å²) < 4.78 is 5.26. The smallest absolute Gasteiger partial charge is 0.322 e. The van der Waals surface area contributed by atoms with Crippen molar-refractivity contribution in [2.75, 3.05) is 12.3 Å². The van der Waals surface area contributed by atoms with Crippen molar-refractivity contribution in [1.82, 2.24) is 15.0 Å². The first kappa shape index (κ1) is 8.50. The molecule has 6 heteroatoms. The molecule has 1 aliphatic carbocycles. The van der Waals surface area contributed by atoms with Crippen molar-refractivity contribution in [2.45, 2.75) is 12.8 Å². The maximum atomic E-state index is 5.56. The van der Waals surface area contributed by atoms with E-state index in [1.807, 2.05) is 0 Å². The summed E-state index contributed by atoms with van der Waals surface area (Å²) in [5, 5.41) is 0.0679. The molecule has 1 aliphatic rings. The van der Waals surface area contributed by atoms with Crippen molar-refractivity contribution in [3.8, 4) is 6.01 Å². The fourth-order valence-corrected chi connectivity index (χ4v) is 1.05. The molecule has 0 bridgehead atoms. The first-order valence-corrected chi connectivity index (χ1v) is 4.41. The number of rotatable bonds is 3. The number of nitrogens with zero attached hydrogens (tertiary/aromatic N) is 3. The molecule has 5 nitrogen and oxygen atoms in total. The molecule has 1 heterocycles. The van der Waals surface area contributed by atoms with Gasteiger partial charge < -0.3 is 10.5 Å². The van der Waals surface area contributed by atoms with Crippen molar-refractivity contribution < 1.29 is 4.74 Å². The Labute approximate surface area is 80.3 Å². The Kier molecular flexibility index (Phi) is 2.18. The second-order valence-electron chi connectivity index (χ2n) is 3.00. The molecule has 0 amide bonds. The third-order valence-electron chi connectivity index (χ3n) is 1.75. The number of nitrogen functional groups attached to an aromatic ring is 1. The van der Waals surface area contributed by atoms with Crippen molar-refractivity contribution >= 4 is 17.5 Å². The molecule has 13 heavy (non-hydrogen) atoms. The molecule has 0 spiro atoms. The maximum absolute atomic E-state index is 5.56. The van der Waals surface area contributed by atoms with Gasteiger partial charge in [-0.1, -0.05) is 0 Å². The predicted octanol–water partition coefficient (Wildman–Crippen LogP) is 0.896. The maximum Gasteiger partial charge on any atom is 0.322 e. The second kappa shape index (κ2) is 3.33. The first-order valence-electron chi connectivity index (χ1n) is 4.04. The van der Waals surface area contributed by atoms with E-state index in [4.69, 9.17) is 22.1 Å². The zero-order valence-corrected chi connectivity index (χ0v) is 7.66. The number of hydrogen-bond donors (Lipinski definition) is 1. The van der Waals surface area contributed by atoms with Crippen LogP contribution in [0, 0.1) is 5.92 Å². The highest BCUT2D eigenvalue weighted by atomic mass is 35.5. The van der Waals surface area contributed by atoms with Crippen LogP contribution in [-0.4, -0.2) is 21.6 Å². The Morgan fingerprint density at radius 2 is 2.15 bits per heavy atom. The average molecular weight is 201 g/mol. The molecule has 70 valence electrons. The molecule has 0 unspecified atom stereocenters. The van der Waals surface area contributed by atoms with Gasteiger partial charge in [0.2, 0.25) is 11.2 Å². The molecule has 1 aromatic heterocycles. The topological polar surface area (TPSA) is 73.9 Å². The van der Waals surface area contributed by atoms with Crippen LogP contribution in [0.3, 0.4) is 0 Å². The van der Waals surface area contributed by atoms with Gasteiger partial charge in [0.25, 0.3) is 0 Å². The zero-order chi connectivity index (χ0) is 9.26. The molecule has 1 saturated carbocycles. The van der Waals surface area contributed by atoms with E-state index < -0.39 is 0 Å². The number of hydrogen-bond acceptors (Lipinski definition) is 5. The molecule has 2 N–H and O–H groups in total. The van der Waals surface area contributed by atoms with E-state index >= 15 is 0 Å². The van der Waals surface area contributed by atoms with Gasteiger partial charge in [-0.05, 0) is 30.4 Å². The molecule has 0 aliphatic heterocycles. The minimum absolute atomic E-state index is 0.0679. The lowest BCUT2D eigenvalue weighted by molar-refractivity contribution is 0.276. The molecule has 1 fully saturated rings. The van der Waals surface area contributed by atoms with Crippen LogP contribution in [-0.2, 0) is 0 Å². The summed E-state index contributed by atoms with van der Waals surface area (Å²) in [5.41, 5.74) is 5.35. The largest absolute Gasteiger partial charge is 0.463 e. The number of nitrogens with two attached hydrogens (primary N) is 1. The molecule has 1 aromatic rings. The predicted molar refractivity (Wildman–Crippen MR) is 47.5 cm³/mol. The van der Waals surface area contributed by atoms with Crippen LogP contribution in [0.4, 0.5) is 5.95 Å². The summed E-state index contributed by atoms with van der Waals surface area (Å²) in [7, 11) is 0. The number of anilines is 1. The van der Waals surface area contributed by atoms with E-state index in [0.717, 1.165) is 0 Å². The number of ether oxygens (including phenoxy) is 1. The third kappa shape index (κ3) is 2.42. The van der Waals surface area contributed by atoms with Crippen molar-refractivity contribution in [3.63, 3.8) is 0 Å². The average Bonchev–Trinajstić information content (AvgIpc) is 2.81. The monoisotopic (exact) mass is 200 g/mol. The van der Waals surface area contributed by atoms with Gasteiger partial charge >= 0.3 is 6.01 Å². The van der Waals surface area contributed by atoms with E-state index in [1.54, 1.807) is 0 Å². The van der Waals surface area contributed by atoms with Gasteiger partial charge in [-0.2, -0.15) is 15.0 Å². The number of halogens is 1. The van der Waals surface area contributed by atoms with E-state index in [-0.39, 0.29) is 17.2 Å². The van der Waals surface area contributed by atoms with Gasteiger partial charge in [0.15, 0.2) is 0 Å². The van der Waals surface area contributed by atoms with Crippen LogP contribution < -0.4 is 10.5 Å². The van der Waals surface area contributed by atoms with Crippen LogP contribution in [0.2, 0.25) is 5.28 Å². The second-order valence-corrected chi connectivity index (χ2v) is 3.34. The van der Waals surface area contributed by atoms with Crippen molar-refractivity contribution in [1.29, 1.82) is 0 Å². The lowest BCUT2D eigenvalue weighted by atomic mass is 10.5. The zero-order valence-electron chi connectivity index (χ0n) is 6.90. The van der Waals surface area contributed by atoms with E-state index in [2.05, 4.69) is 15.0 Å². The van der Waals surface area contributed by atoms with E-state index in [1.165, 1.54) is 12.8 Å². The van der Waals surface area contributed by atoms with Crippen LogP contribution in [0.1, 0.15) is 12.8 Å². The van der Waals surface area contributed by atoms with Crippen molar-refractivity contribution in [2.24, 2.45) is 5.92 Å². The van der Waals surface area contributed by atoms with Gasteiger partial charge in [0.05, 0.1) is 6.61 Å². The minimum Gasteiger partial charge on any atom is -0.463 e. The molecule has 0 saturated heterocycles. The summed E-state index contributed by atoms with van der Waals surface area (Å²) in [4.78, 5) is 11.2. The van der Waals surface area contributed by atoms with Crippen LogP contribution >= 0.6 is 11.6 Å². The Hall–Kier alpha value is -1.10. The fourth-order valence-electron chi connectivity index (χ4n) is 0.888. The van der Waals surface area contributed by atoms with E-state index in [0.29, 0.717) is 12.5 Å². The molecule has 0 atom stereocenters. The lowest BCUT2D eigenvalue weighted by Crippen LogP contribution is -2.05. The Balaban J connectivity index is 2.01. The van der Waals surface area contributed by atoms with E-state index in [9.17, 15) is 0 Å². The first-order chi connectivity index (χ1) is 6.24. The summed E-state index contributed by atoms with van der Waals surface area (Å²) >= 11 is 5.56. The highest BCUT2D eigenvalue weighted by Crippen LogP contribution is 2.29. The summed E-state index contributed by atoms with van der Waals surface area (Å²) in [6.45, 7) is 0.639. The highest BCUT2D eigenvalue weighted by Gasteiger charge is 2.22. The normalized spacial score (nSPS) is 15.8. The number of aromatic nitrogens is 3. The van der Waals surface area contributed by atoms with Gasteiger partial charge in [0.1, 0.15) is 0 Å². The summed E-state index contributed by atoms with van der Waals surface area (Å²) in [5.74, 6) is 0.738. The van der Waals surface area contributed by atoms with Crippen LogP contribution in [0.15, 0.2) is 0 Å². The van der Waals surface area contributed by atoms with Gasteiger partial charge in [0, 0.05) is 0 Å². The van der Waals surface area contributed by atoms with Gasteiger partial charge in [-0.15, -0.1) is 0 Å². The Morgan fingerprint density at radius 1 is 1.38 bits per heavy atom. The minimum atomic E-state index is 0.0679. The standard InChI is InChI=1S/C7H9ClN4O/c8-5-10-6(9)12-7(11-5)13-3-4-1-2-4/h4H,1-3H2,(H2,9,10,11,12). The fraction of sp³-hybridized carbons (Fsp3) is 0.571.